The van der Waals surface area contributed by atoms with Crippen molar-refractivity contribution in [3.8, 4) is 6.07 Å². The number of amides is 1. The molecule has 0 aromatic heterocycles. The summed E-state index contributed by atoms with van der Waals surface area (Å²) in [5.41, 5.74) is 0.556. The van der Waals surface area contributed by atoms with Gasteiger partial charge < -0.3 is 10.4 Å². The summed E-state index contributed by atoms with van der Waals surface area (Å²) in [5.74, 6) is -1.66. The molecule has 1 rings (SSSR count). The van der Waals surface area contributed by atoms with Crippen LogP contribution in [0.1, 0.15) is 25.0 Å². The number of carboxylic acids is 1. The molecule has 130 valence electrons. The first-order valence-corrected chi connectivity index (χ1v) is 8.55. The molecule has 2 N–H and O–H groups in total. The van der Waals surface area contributed by atoms with Gasteiger partial charge in [0.05, 0.1) is 16.5 Å². The highest BCUT2D eigenvalue weighted by Crippen LogP contribution is 2.23. The highest BCUT2D eigenvalue weighted by molar-refractivity contribution is 7.89. The number of nitriles is 1. The van der Waals surface area contributed by atoms with E-state index in [9.17, 15) is 23.1 Å². The van der Waals surface area contributed by atoms with Gasteiger partial charge in [-0.05, 0) is 31.5 Å². The van der Waals surface area contributed by atoms with E-state index in [0.29, 0.717) is 5.56 Å². The van der Waals surface area contributed by atoms with Crippen LogP contribution in [0.2, 0.25) is 0 Å². The molecule has 24 heavy (non-hydrogen) atoms. The van der Waals surface area contributed by atoms with Crippen molar-refractivity contribution in [1.82, 2.24) is 9.62 Å². The second-order valence-electron chi connectivity index (χ2n) is 5.21. The first-order valence-electron chi connectivity index (χ1n) is 7.11. The number of hydrogen-bond donors (Lipinski definition) is 2. The third-order valence-electron chi connectivity index (χ3n) is 3.40. The van der Waals surface area contributed by atoms with Gasteiger partial charge in [0.15, 0.2) is 0 Å². The van der Waals surface area contributed by atoms with Crippen LogP contribution in [0.4, 0.5) is 0 Å². The molecular weight excluding hydrogens is 334 g/mol. The normalized spacial score (nSPS) is 12.5. The molecule has 0 saturated carbocycles. The number of aliphatic carboxylic acids is 1. The molecule has 1 unspecified atom stereocenters. The Bertz CT molecular complexity index is 783. The fourth-order valence-electron chi connectivity index (χ4n) is 2.06. The van der Waals surface area contributed by atoms with E-state index >= 15 is 0 Å². The standard InChI is InChI=1S/C15H19N3O5S/c1-10-4-5-13(9-16)8-14(10)24(22,23)18(11(2)15(20)21)7-6-17-12(3)19/h4-5,8,11H,6-7H2,1-3H3,(H,17,19)(H,20,21). The summed E-state index contributed by atoms with van der Waals surface area (Å²) in [6.45, 7) is 3.86. The summed E-state index contributed by atoms with van der Waals surface area (Å²) in [6, 6.07) is 4.72. The number of rotatable bonds is 7. The van der Waals surface area contributed by atoms with Gasteiger partial charge in [0.25, 0.3) is 0 Å². The van der Waals surface area contributed by atoms with E-state index in [1.807, 2.05) is 6.07 Å². The molecule has 0 heterocycles. The third-order valence-corrected chi connectivity index (χ3v) is 5.51. The molecule has 0 saturated heterocycles. The smallest absolute Gasteiger partial charge is 0.321 e. The molecule has 9 heteroatoms. The molecule has 0 radical (unpaired) electrons. The van der Waals surface area contributed by atoms with Crippen molar-refractivity contribution in [2.75, 3.05) is 13.1 Å². The minimum atomic E-state index is -4.16. The number of carboxylic acid groups (broad SMARTS) is 1. The molecule has 8 nitrogen and oxygen atoms in total. The highest BCUT2D eigenvalue weighted by Gasteiger charge is 2.33. The van der Waals surface area contributed by atoms with Gasteiger partial charge in [0.1, 0.15) is 6.04 Å². The van der Waals surface area contributed by atoms with E-state index < -0.39 is 22.0 Å². The first kappa shape index (κ1) is 19.6. The number of hydrogen-bond acceptors (Lipinski definition) is 5. The van der Waals surface area contributed by atoms with Crippen LogP contribution < -0.4 is 5.32 Å². The van der Waals surface area contributed by atoms with Crippen LogP contribution in [0.15, 0.2) is 23.1 Å². The van der Waals surface area contributed by atoms with Crippen molar-refractivity contribution in [3.63, 3.8) is 0 Å². The Morgan fingerprint density at radius 1 is 1.42 bits per heavy atom. The molecule has 1 atom stereocenters. The zero-order valence-electron chi connectivity index (χ0n) is 13.6. The van der Waals surface area contributed by atoms with Gasteiger partial charge in [0.2, 0.25) is 15.9 Å². The van der Waals surface area contributed by atoms with Crippen molar-refractivity contribution in [2.24, 2.45) is 0 Å². The molecule has 1 aromatic rings. The van der Waals surface area contributed by atoms with Gasteiger partial charge in [-0.2, -0.15) is 9.57 Å². The largest absolute Gasteiger partial charge is 0.480 e. The SMILES string of the molecule is CC(=O)NCCN(C(C)C(=O)O)S(=O)(=O)c1cc(C#N)ccc1C. The third kappa shape index (κ3) is 4.53. The van der Waals surface area contributed by atoms with E-state index in [1.54, 1.807) is 6.92 Å². The zero-order valence-corrected chi connectivity index (χ0v) is 14.4. The summed E-state index contributed by atoms with van der Waals surface area (Å²) in [6.07, 6.45) is 0. The van der Waals surface area contributed by atoms with Gasteiger partial charge in [0, 0.05) is 20.0 Å². The fraction of sp³-hybridized carbons (Fsp3) is 0.400. The molecule has 0 aliphatic rings. The Labute approximate surface area is 140 Å². The van der Waals surface area contributed by atoms with Crippen LogP contribution in [-0.4, -0.2) is 48.8 Å². The van der Waals surface area contributed by atoms with Crippen molar-refractivity contribution in [1.29, 1.82) is 5.26 Å². The summed E-state index contributed by atoms with van der Waals surface area (Å²) < 4.78 is 26.6. The van der Waals surface area contributed by atoms with E-state index in [0.717, 1.165) is 4.31 Å². The van der Waals surface area contributed by atoms with Crippen LogP contribution in [0, 0.1) is 18.3 Å². The maximum Gasteiger partial charge on any atom is 0.321 e. The molecule has 0 bridgehead atoms. The Morgan fingerprint density at radius 2 is 2.04 bits per heavy atom. The second-order valence-corrected chi connectivity index (χ2v) is 7.06. The summed E-state index contributed by atoms with van der Waals surface area (Å²) in [5, 5.41) is 20.6. The lowest BCUT2D eigenvalue weighted by Crippen LogP contribution is -2.46. The van der Waals surface area contributed by atoms with Crippen molar-refractivity contribution >= 4 is 21.9 Å². The Balaban J connectivity index is 3.31. The van der Waals surface area contributed by atoms with Gasteiger partial charge in [-0.15, -0.1) is 0 Å². The average molecular weight is 353 g/mol. The lowest BCUT2D eigenvalue weighted by molar-refractivity contribution is -0.140. The van der Waals surface area contributed by atoms with Crippen LogP contribution >= 0.6 is 0 Å². The number of nitrogens with zero attached hydrogens (tertiary/aromatic N) is 2. The summed E-state index contributed by atoms with van der Waals surface area (Å²) in [7, 11) is -4.16. The van der Waals surface area contributed by atoms with Gasteiger partial charge in [-0.3, -0.25) is 9.59 Å². The molecule has 1 amide bonds. The predicted octanol–water partition coefficient (Wildman–Crippen LogP) is 0.467. The average Bonchev–Trinajstić information content (AvgIpc) is 2.50. The number of sulfonamides is 1. The van der Waals surface area contributed by atoms with Gasteiger partial charge in [-0.1, -0.05) is 6.07 Å². The summed E-state index contributed by atoms with van der Waals surface area (Å²) in [4.78, 5) is 22.1. The van der Waals surface area contributed by atoms with Crippen molar-refractivity contribution < 1.29 is 23.1 Å². The predicted molar refractivity (Wildman–Crippen MR) is 85.6 cm³/mol. The Hall–Kier alpha value is -2.44. The molecule has 0 spiro atoms. The number of aryl methyl sites for hydroxylation is 1. The molecular formula is C15H19N3O5S. The topological polar surface area (TPSA) is 128 Å². The molecule has 0 aliphatic heterocycles. The lowest BCUT2D eigenvalue weighted by atomic mass is 10.2. The minimum Gasteiger partial charge on any atom is -0.480 e. The van der Waals surface area contributed by atoms with Crippen LogP contribution in [0.25, 0.3) is 0 Å². The molecule has 1 aromatic carbocycles. The van der Waals surface area contributed by atoms with Crippen LogP contribution in [0.3, 0.4) is 0 Å². The van der Waals surface area contributed by atoms with E-state index in [-0.39, 0.29) is 29.5 Å². The van der Waals surface area contributed by atoms with E-state index in [4.69, 9.17) is 5.26 Å². The second kappa shape index (κ2) is 7.90. The number of nitrogens with one attached hydrogen (secondary N) is 1. The minimum absolute atomic E-state index is 0.0246. The molecule has 0 aliphatic carbocycles. The quantitative estimate of drug-likeness (QED) is 0.733. The van der Waals surface area contributed by atoms with Crippen molar-refractivity contribution in [2.45, 2.75) is 31.7 Å². The fourth-order valence-corrected chi connectivity index (χ4v) is 3.90. The van der Waals surface area contributed by atoms with Gasteiger partial charge in [-0.25, -0.2) is 8.42 Å². The van der Waals surface area contributed by atoms with Crippen molar-refractivity contribution in [3.05, 3.63) is 29.3 Å². The van der Waals surface area contributed by atoms with E-state index in [1.165, 1.54) is 32.0 Å². The van der Waals surface area contributed by atoms with Crippen LogP contribution in [-0.2, 0) is 19.6 Å². The molecule has 0 fully saturated rings. The highest BCUT2D eigenvalue weighted by atomic mass is 32.2. The first-order chi connectivity index (χ1) is 11.1. The lowest BCUT2D eigenvalue weighted by Gasteiger charge is -2.26. The Kier molecular flexibility index (Phi) is 6.45. The van der Waals surface area contributed by atoms with Crippen LogP contribution in [0.5, 0.6) is 0 Å². The van der Waals surface area contributed by atoms with E-state index in [2.05, 4.69) is 5.32 Å². The zero-order chi connectivity index (χ0) is 18.5. The number of carbonyl (C=O) groups excluding carboxylic acids is 1. The number of benzene rings is 1. The Morgan fingerprint density at radius 3 is 2.54 bits per heavy atom. The number of carbonyl (C=O) groups is 2. The monoisotopic (exact) mass is 353 g/mol. The van der Waals surface area contributed by atoms with Gasteiger partial charge >= 0.3 is 5.97 Å². The summed E-state index contributed by atoms with van der Waals surface area (Å²) >= 11 is 0. The maximum absolute atomic E-state index is 12.9. The maximum atomic E-state index is 12.9.